The Morgan fingerprint density at radius 1 is 0.857 bits per heavy atom. The van der Waals surface area contributed by atoms with E-state index >= 15 is 0 Å². The van der Waals surface area contributed by atoms with Crippen LogP contribution in [0.25, 0.3) is 0 Å². The maximum Gasteiger partial charge on any atom is 0.243 e. The molecule has 2 aliphatic rings. The molecule has 2 heterocycles. The summed E-state index contributed by atoms with van der Waals surface area (Å²) in [5.74, 6) is -0.770. The van der Waals surface area contributed by atoms with Crippen molar-refractivity contribution in [2.24, 2.45) is 5.92 Å². The van der Waals surface area contributed by atoms with Gasteiger partial charge < -0.3 is 10.2 Å². The van der Waals surface area contributed by atoms with Gasteiger partial charge in [-0.15, -0.1) is 0 Å². The smallest absolute Gasteiger partial charge is 0.243 e. The zero-order chi connectivity index (χ0) is 24.2. The molecule has 4 nitrogen and oxygen atoms in total. The molecule has 0 spiro atoms. The lowest BCUT2D eigenvalue weighted by Crippen LogP contribution is -2.46. The SMILES string of the molecule is O=C(c1ccccc1)[C@H]1[C@@H](c2ccc(Cl)cc2)[C@H](C(=O)NCCc2ccccc2)N2C=CC=C[C@H]12. The van der Waals surface area contributed by atoms with Crippen molar-refractivity contribution < 1.29 is 9.59 Å². The van der Waals surface area contributed by atoms with Crippen molar-refractivity contribution in [3.63, 3.8) is 0 Å². The molecule has 1 amide bonds. The summed E-state index contributed by atoms with van der Waals surface area (Å²) < 4.78 is 0. The third-order valence-corrected chi connectivity index (χ3v) is 7.13. The van der Waals surface area contributed by atoms with E-state index in [1.807, 2.05) is 102 Å². The molecule has 1 saturated heterocycles. The Morgan fingerprint density at radius 3 is 2.26 bits per heavy atom. The van der Waals surface area contributed by atoms with Gasteiger partial charge in [0.15, 0.2) is 5.78 Å². The van der Waals surface area contributed by atoms with Gasteiger partial charge >= 0.3 is 0 Å². The number of rotatable bonds is 7. The molecule has 3 aromatic carbocycles. The van der Waals surface area contributed by atoms with Crippen LogP contribution in [0.4, 0.5) is 0 Å². The Balaban J connectivity index is 1.49. The van der Waals surface area contributed by atoms with Gasteiger partial charge in [-0.1, -0.05) is 96.5 Å². The van der Waals surface area contributed by atoms with Crippen LogP contribution in [0.1, 0.15) is 27.4 Å². The topological polar surface area (TPSA) is 49.4 Å². The van der Waals surface area contributed by atoms with Gasteiger partial charge in [0.25, 0.3) is 0 Å². The molecule has 0 saturated carbocycles. The molecule has 5 rings (SSSR count). The molecule has 0 radical (unpaired) electrons. The average Bonchev–Trinajstić information content (AvgIpc) is 3.25. The monoisotopic (exact) mass is 482 g/mol. The van der Waals surface area contributed by atoms with E-state index in [0.29, 0.717) is 17.1 Å². The minimum absolute atomic E-state index is 0.0417. The number of amides is 1. The fourth-order valence-electron chi connectivity index (χ4n) is 5.27. The van der Waals surface area contributed by atoms with Crippen LogP contribution < -0.4 is 5.32 Å². The van der Waals surface area contributed by atoms with Gasteiger partial charge in [-0.25, -0.2) is 0 Å². The first-order valence-corrected chi connectivity index (χ1v) is 12.3. The second kappa shape index (κ2) is 10.3. The lowest BCUT2D eigenvalue weighted by molar-refractivity contribution is -0.125. The zero-order valence-corrected chi connectivity index (χ0v) is 20.0. The predicted octanol–water partition coefficient (Wildman–Crippen LogP) is 5.42. The lowest BCUT2D eigenvalue weighted by Gasteiger charge is -2.30. The Kier molecular flexibility index (Phi) is 6.82. The van der Waals surface area contributed by atoms with Gasteiger partial charge in [0.2, 0.25) is 5.91 Å². The van der Waals surface area contributed by atoms with Crippen LogP contribution in [0.15, 0.2) is 109 Å². The predicted molar refractivity (Wildman–Crippen MR) is 139 cm³/mol. The highest BCUT2D eigenvalue weighted by Crippen LogP contribution is 2.46. The molecule has 2 aliphatic heterocycles. The number of nitrogens with zero attached hydrogens (tertiary/aromatic N) is 1. The standard InChI is InChI=1S/C30H27ClN2O2/c31-24-16-14-22(15-17-24)26-27(29(34)23-11-5-2-6-12-23)25-13-7-8-20-33(25)28(26)30(35)32-19-18-21-9-3-1-4-10-21/h1-17,20,25-28H,18-19H2,(H,32,35)/t25-,26-,27-,28-/m1/s1. The molecule has 1 N–H and O–H groups in total. The Bertz CT molecular complexity index is 1240. The van der Waals surface area contributed by atoms with Crippen LogP contribution in [0.2, 0.25) is 5.02 Å². The molecular formula is C30H27ClN2O2. The van der Waals surface area contributed by atoms with E-state index in [1.165, 1.54) is 5.56 Å². The van der Waals surface area contributed by atoms with E-state index in [0.717, 1.165) is 12.0 Å². The molecule has 35 heavy (non-hydrogen) atoms. The number of hydrogen-bond donors (Lipinski definition) is 1. The largest absolute Gasteiger partial charge is 0.358 e. The number of carbonyl (C=O) groups is 2. The molecule has 0 bridgehead atoms. The normalized spacial score (nSPS) is 22.6. The number of nitrogens with one attached hydrogen (secondary N) is 1. The van der Waals surface area contributed by atoms with Crippen molar-refractivity contribution in [2.75, 3.05) is 6.54 Å². The van der Waals surface area contributed by atoms with Crippen LogP contribution in [0, 0.1) is 5.92 Å². The van der Waals surface area contributed by atoms with Gasteiger partial charge in [-0.2, -0.15) is 0 Å². The second-order valence-electron chi connectivity index (χ2n) is 8.97. The molecule has 3 aromatic rings. The number of carbonyl (C=O) groups excluding carboxylic acids is 2. The van der Waals surface area contributed by atoms with Crippen molar-refractivity contribution >= 4 is 23.3 Å². The molecule has 1 fully saturated rings. The first kappa shape index (κ1) is 23.1. The molecule has 0 aliphatic carbocycles. The minimum atomic E-state index is -0.518. The number of hydrogen-bond acceptors (Lipinski definition) is 3. The van der Waals surface area contributed by atoms with Crippen LogP contribution in [0.5, 0.6) is 0 Å². The van der Waals surface area contributed by atoms with Gasteiger partial charge in [0, 0.05) is 29.2 Å². The summed E-state index contributed by atoms with van der Waals surface area (Å²) in [6.45, 7) is 0.530. The summed E-state index contributed by atoms with van der Waals surface area (Å²) in [6.07, 6.45) is 8.60. The van der Waals surface area contributed by atoms with Crippen LogP contribution in [-0.4, -0.2) is 35.2 Å². The third kappa shape index (κ3) is 4.80. The van der Waals surface area contributed by atoms with Gasteiger partial charge in [-0.3, -0.25) is 9.59 Å². The minimum Gasteiger partial charge on any atom is -0.358 e. The quantitative estimate of drug-likeness (QED) is 0.457. The fourth-order valence-corrected chi connectivity index (χ4v) is 5.39. The van der Waals surface area contributed by atoms with Crippen LogP contribution >= 0.6 is 11.6 Å². The average molecular weight is 483 g/mol. The Labute approximate surface area is 210 Å². The van der Waals surface area contributed by atoms with Crippen molar-refractivity contribution in [3.05, 3.63) is 131 Å². The van der Waals surface area contributed by atoms with Crippen molar-refractivity contribution in [2.45, 2.75) is 24.4 Å². The summed E-state index contributed by atoms with van der Waals surface area (Å²) >= 11 is 6.18. The number of benzene rings is 3. The Hall–Kier alpha value is -3.63. The van der Waals surface area contributed by atoms with E-state index in [1.54, 1.807) is 0 Å². The second-order valence-corrected chi connectivity index (χ2v) is 9.41. The van der Waals surface area contributed by atoms with Gasteiger partial charge in [-0.05, 0) is 35.8 Å². The fraction of sp³-hybridized carbons (Fsp3) is 0.200. The molecule has 176 valence electrons. The van der Waals surface area contributed by atoms with Crippen LogP contribution in [0.3, 0.4) is 0 Å². The first-order valence-electron chi connectivity index (χ1n) is 11.9. The highest BCUT2D eigenvalue weighted by molar-refractivity contribution is 6.30. The van der Waals surface area contributed by atoms with Crippen molar-refractivity contribution in [1.82, 2.24) is 10.2 Å². The maximum absolute atomic E-state index is 13.9. The number of fused-ring (bicyclic) bond motifs is 1. The molecule has 5 heteroatoms. The number of Topliss-reactive ketones (excluding diaryl/α,β-unsaturated/α-hetero) is 1. The van der Waals surface area contributed by atoms with E-state index in [4.69, 9.17) is 11.6 Å². The molecule has 0 unspecified atom stereocenters. The Morgan fingerprint density at radius 2 is 1.54 bits per heavy atom. The number of allylic oxidation sites excluding steroid dienone is 2. The van der Waals surface area contributed by atoms with Gasteiger partial charge in [0.1, 0.15) is 6.04 Å². The highest BCUT2D eigenvalue weighted by Gasteiger charge is 2.53. The van der Waals surface area contributed by atoms with Crippen molar-refractivity contribution in [1.29, 1.82) is 0 Å². The summed E-state index contributed by atoms with van der Waals surface area (Å²) in [5.41, 5.74) is 2.76. The van der Waals surface area contributed by atoms with E-state index < -0.39 is 12.0 Å². The highest BCUT2D eigenvalue weighted by atomic mass is 35.5. The third-order valence-electron chi connectivity index (χ3n) is 6.88. The summed E-state index contributed by atoms with van der Waals surface area (Å²) in [6, 6.07) is 26.3. The molecule has 0 aromatic heterocycles. The van der Waals surface area contributed by atoms with E-state index in [-0.39, 0.29) is 23.7 Å². The van der Waals surface area contributed by atoms with Crippen LogP contribution in [-0.2, 0) is 11.2 Å². The number of ketones is 1. The zero-order valence-electron chi connectivity index (χ0n) is 19.3. The summed E-state index contributed by atoms with van der Waals surface area (Å²) in [4.78, 5) is 29.6. The summed E-state index contributed by atoms with van der Waals surface area (Å²) in [7, 11) is 0. The van der Waals surface area contributed by atoms with Crippen molar-refractivity contribution in [3.8, 4) is 0 Å². The van der Waals surface area contributed by atoms with Gasteiger partial charge in [0.05, 0.1) is 12.0 Å². The van der Waals surface area contributed by atoms with E-state index in [2.05, 4.69) is 17.4 Å². The maximum atomic E-state index is 13.9. The lowest BCUT2D eigenvalue weighted by atomic mass is 9.77. The molecular weight excluding hydrogens is 456 g/mol. The molecule has 4 atom stereocenters. The number of halogens is 1. The first-order chi connectivity index (χ1) is 17.1. The summed E-state index contributed by atoms with van der Waals surface area (Å²) in [5, 5.41) is 3.76. The van der Waals surface area contributed by atoms with E-state index in [9.17, 15) is 9.59 Å².